The van der Waals surface area contributed by atoms with Gasteiger partial charge in [-0.3, -0.25) is 0 Å². The summed E-state index contributed by atoms with van der Waals surface area (Å²) in [5, 5.41) is 7.42. The van der Waals surface area contributed by atoms with E-state index in [0.29, 0.717) is 0 Å². The van der Waals surface area contributed by atoms with Gasteiger partial charge in [-0.1, -0.05) is 188 Å². The first-order valence-electron chi connectivity index (χ1n) is 18.9. The lowest BCUT2D eigenvalue weighted by atomic mass is 9.94. The predicted molar refractivity (Wildman–Crippen MR) is 235 cm³/mol. The van der Waals surface area contributed by atoms with Gasteiger partial charge in [0.2, 0.25) is 0 Å². The lowest BCUT2D eigenvalue weighted by Crippen LogP contribution is -2.12. The molecular formula is C54H37N. The van der Waals surface area contributed by atoms with Crippen LogP contribution in [-0.2, 0) is 0 Å². The van der Waals surface area contributed by atoms with Crippen molar-refractivity contribution < 1.29 is 0 Å². The molecule has 10 aromatic rings. The molecule has 10 aromatic carbocycles. The van der Waals surface area contributed by atoms with E-state index in [-0.39, 0.29) is 0 Å². The highest BCUT2D eigenvalue weighted by Gasteiger charge is 2.21. The van der Waals surface area contributed by atoms with Gasteiger partial charge in [0.25, 0.3) is 0 Å². The first-order chi connectivity index (χ1) is 27.3. The summed E-state index contributed by atoms with van der Waals surface area (Å²) in [7, 11) is 0. The van der Waals surface area contributed by atoms with Crippen molar-refractivity contribution in [3.05, 3.63) is 224 Å². The normalized spacial score (nSPS) is 11.3. The third kappa shape index (κ3) is 6.02. The average molecular weight is 700 g/mol. The molecule has 0 amide bonds. The maximum absolute atomic E-state index is 2.46. The van der Waals surface area contributed by atoms with Gasteiger partial charge in [-0.05, 0) is 102 Å². The number of fused-ring (bicyclic) bond motifs is 4. The van der Waals surface area contributed by atoms with Crippen LogP contribution >= 0.6 is 0 Å². The first-order valence-corrected chi connectivity index (χ1v) is 18.9. The van der Waals surface area contributed by atoms with Crippen LogP contribution in [-0.4, -0.2) is 0 Å². The molecule has 1 nitrogen and oxygen atoms in total. The molecule has 0 heterocycles. The van der Waals surface area contributed by atoms with Crippen molar-refractivity contribution in [2.45, 2.75) is 0 Å². The van der Waals surface area contributed by atoms with Gasteiger partial charge in [-0.15, -0.1) is 0 Å². The molecule has 0 bridgehead atoms. The molecule has 0 radical (unpaired) electrons. The molecule has 0 saturated carbocycles. The monoisotopic (exact) mass is 699 g/mol. The van der Waals surface area contributed by atoms with Gasteiger partial charge in [-0.2, -0.15) is 0 Å². The molecule has 0 aliphatic heterocycles. The largest absolute Gasteiger partial charge is 0.309 e. The molecule has 0 aliphatic carbocycles. The van der Waals surface area contributed by atoms with E-state index >= 15 is 0 Å². The van der Waals surface area contributed by atoms with E-state index in [1.54, 1.807) is 0 Å². The Hall–Kier alpha value is -7.22. The summed E-state index contributed by atoms with van der Waals surface area (Å²) in [4.78, 5) is 2.46. The maximum Gasteiger partial charge on any atom is 0.0546 e. The summed E-state index contributed by atoms with van der Waals surface area (Å²) in [6.45, 7) is 0. The summed E-state index contributed by atoms with van der Waals surface area (Å²) in [5.74, 6) is 0. The number of hydrogen-bond donors (Lipinski definition) is 0. The van der Waals surface area contributed by atoms with Crippen LogP contribution in [0.15, 0.2) is 224 Å². The highest BCUT2D eigenvalue weighted by molar-refractivity contribution is 6.15. The highest BCUT2D eigenvalue weighted by atomic mass is 15.1. The fraction of sp³-hybridized carbons (Fsp3) is 0. The summed E-state index contributed by atoms with van der Waals surface area (Å²) >= 11 is 0. The third-order valence-corrected chi connectivity index (χ3v) is 10.8. The van der Waals surface area contributed by atoms with E-state index < -0.39 is 0 Å². The molecule has 0 fully saturated rings. The second-order valence-corrected chi connectivity index (χ2v) is 14.1. The molecule has 0 saturated heterocycles. The van der Waals surface area contributed by atoms with E-state index in [1.165, 1.54) is 76.8 Å². The third-order valence-electron chi connectivity index (χ3n) is 10.8. The number of anilines is 3. The van der Waals surface area contributed by atoms with E-state index in [4.69, 9.17) is 0 Å². The van der Waals surface area contributed by atoms with Gasteiger partial charge in [0.15, 0.2) is 0 Å². The van der Waals surface area contributed by atoms with Gasteiger partial charge in [0, 0.05) is 16.6 Å². The van der Waals surface area contributed by atoms with Gasteiger partial charge < -0.3 is 4.90 Å². The van der Waals surface area contributed by atoms with Crippen LogP contribution in [0.4, 0.5) is 17.1 Å². The minimum absolute atomic E-state index is 1.10. The summed E-state index contributed by atoms with van der Waals surface area (Å²) in [6.07, 6.45) is 0. The second kappa shape index (κ2) is 14.0. The number of para-hydroxylation sites is 1. The minimum Gasteiger partial charge on any atom is -0.309 e. The van der Waals surface area contributed by atoms with Gasteiger partial charge >= 0.3 is 0 Å². The van der Waals surface area contributed by atoms with Crippen LogP contribution in [0.25, 0.3) is 76.8 Å². The van der Waals surface area contributed by atoms with Crippen molar-refractivity contribution in [3.8, 4) is 44.5 Å². The van der Waals surface area contributed by atoms with Gasteiger partial charge in [0.1, 0.15) is 0 Å². The molecule has 0 unspecified atom stereocenters. The van der Waals surface area contributed by atoms with E-state index in [0.717, 1.165) is 17.1 Å². The quantitative estimate of drug-likeness (QED) is 0.150. The van der Waals surface area contributed by atoms with Crippen molar-refractivity contribution in [2.75, 3.05) is 4.90 Å². The smallest absolute Gasteiger partial charge is 0.0546 e. The van der Waals surface area contributed by atoms with Crippen LogP contribution in [0, 0.1) is 0 Å². The summed E-state index contributed by atoms with van der Waals surface area (Å²) in [6, 6.07) is 81.5. The zero-order valence-corrected chi connectivity index (χ0v) is 30.3. The van der Waals surface area contributed by atoms with Crippen molar-refractivity contribution >= 4 is 49.4 Å². The Kier molecular flexibility index (Phi) is 8.24. The Morgan fingerprint density at radius 2 is 0.727 bits per heavy atom. The summed E-state index contributed by atoms with van der Waals surface area (Å²) in [5.41, 5.74) is 13.0. The molecule has 0 aromatic heterocycles. The molecule has 10 rings (SSSR count). The lowest BCUT2D eigenvalue weighted by Gasteiger charge is -2.30. The minimum atomic E-state index is 1.10. The number of nitrogens with zero attached hydrogens (tertiary/aromatic N) is 1. The topological polar surface area (TPSA) is 3.24 Å². The zero-order valence-electron chi connectivity index (χ0n) is 30.3. The Balaban J connectivity index is 1.15. The fourth-order valence-corrected chi connectivity index (χ4v) is 8.18. The number of rotatable bonds is 7. The SMILES string of the molecule is c1ccc(-c2cccc(-c3ccc(N(c4ccccc4-c4cccc(-c5cccc6ccccc56)c4)c4cc5ccccc5c5ccccc45)cc3)c2)cc1. The second-order valence-electron chi connectivity index (χ2n) is 14.1. The summed E-state index contributed by atoms with van der Waals surface area (Å²) < 4.78 is 0. The molecular weight excluding hydrogens is 663 g/mol. The van der Waals surface area contributed by atoms with Crippen LogP contribution < -0.4 is 4.90 Å². The Morgan fingerprint density at radius 1 is 0.236 bits per heavy atom. The average Bonchev–Trinajstić information content (AvgIpc) is 3.27. The van der Waals surface area contributed by atoms with Crippen molar-refractivity contribution in [2.24, 2.45) is 0 Å². The molecule has 1 heteroatoms. The maximum atomic E-state index is 2.46. The molecule has 0 N–H and O–H groups in total. The molecule has 0 atom stereocenters. The first kappa shape index (κ1) is 32.4. The van der Waals surface area contributed by atoms with Gasteiger partial charge in [-0.25, -0.2) is 0 Å². The van der Waals surface area contributed by atoms with Crippen molar-refractivity contribution in [1.29, 1.82) is 0 Å². The zero-order chi connectivity index (χ0) is 36.6. The van der Waals surface area contributed by atoms with Crippen molar-refractivity contribution in [1.82, 2.24) is 0 Å². The highest BCUT2D eigenvalue weighted by Crippen LogP contribution is 2.46. The van der Waals surface area contributed by atoms with E-state index in [2.05, 4.69) is 229 Å². The lowest BCUT2D eigenvalue weighted by molar-refractivity contribution is 1.30. The van der Waals surface area contributed by atoms with Crippen LogP contribution in [0.1, 0.15) is 0 Å². The Morgan fingerprint density at radius 3 is 1.51 bits per heavy atom. The standard InChI is InChI=1S/C54H37N/c1-2-15-38(16-3-1)41-20-12-21-42(35-41)39-31-33-46(34-32-39)55(54-37-45-18-5-7-25-49(45)51-27-8-9-28-52(51)54)53-30-11-10-26-50(53)44-23-13-22-43(36-44)48-29-14-19-40-17-4-6-24-47(40)48/h1-37H. The van der Waals surface area contributed by atoms with E-state index in [9.17, 15) is 0 Å². The fourth-order valence-electron chi connectivity index (χ4n) is 8.18. The van der Waals surface area contributed by atoms with Crippen LogP contribution in [0.2, 0.25) is 0 Å². The number of hydrogen-bond acceptors (Lipinski definition) is 1. The van der Waals surface area contributed by atoms with Gasteiger partial charge in [0.05, 0.1) is 11.4 Å². The van der Waals surface area contributed by atoms with Crippen LogP contribution in [0.5, 0.6) is 0 Å². The predicted octanol–water partition coefficient (Wildman–Crippen LogP) is 15.3. The van der Waals surface area contributed by atoms with Crippen molar-refractivity contribution in [3.63, 3.8) is 0 Å². The molecule has 0 spiro atoms. The van der Waals surface area contributed by atoms with E-state index in [1.807, 2.05) is 0 Å². The Bertz CT molecular complexity index is 2970. The number of benzene rings is 10. The Labute approximate surface area is 322 Å². The van der Waals surface area contributed by atoms with Crippen LogP contribution in [0.3, 0.4) is 0 Å². The molecule has 55 heavy (non-hydrogen) atoms. The molecule has 258 valence electrons. The molecule has 0 aliphatic rings.